The van der Waals surface area contributed by atoms with E-state index >= 15 is 0 Å². The molecule has 1 aliphatic heterocycles. The van der Waals surface area contributed by atoms with Gasteiger partial charge >= 0.3 is 0 Å². The Morgan fingerprint density at radius 3 is 2.55 bits per heavy atom. The van der Waals surface area contributed by atoms with E-state index in [1.165, 1.54) is 0 Å². The number of Topliss-reactive ketones (excluding diaryl/α,β-unsaturated/α-hetero) is 1. The van der Waals surface area contributed by atoms with Gasteiger partial charge in [-0.3, -0.25) is 4.79 Å². The van der Waals surface area contributed by atoms with E-state index in [1.54, 1.807) is 6.92 Å². The Kier molecular flexibility index (Phi) is 2.66. The Hall–Kier alpha value is -0.370. The lowest BCUT2D eigenvalue weighted by molar-refractivity contribution is -0.122. The largest absolute Gasteiger partial charge is 0.375 e. The smallest absolute Gasteiger partial charge is 0.135 e. The average molecular weight is 156 g/mol. The molecule has 3 atom stereocenters. The van der Waals surface area contributed by atoms with Gasteiger partial charge in [0.2, 0.25) is 0 Å². The van der Waals surface area contributed by atoms with Crippen LogP contribution in [-0.2, 0) is 9.53 Å². The molecule has 1 aliphatic rings. The molecule has 0 amide bonds. The summed E-state index contributed by atoms with van der Waals surface area (Å²) in [6.07, 6.45) is 2.40. The second-order valence-electron chi connectivity index (χ2n) is 3.32. The van der Waals surface area contributed by atoms with Crippen molar-refractivity contribution in [2.24, 2.45) is 5.92 Å². The zero-order valence-electron chi connectivity index (χ0n) is 7.46. The van der Waals surface area contributed by atoms with Crippen molar-refractivity contribution in [3.8, 4) is 0 Å². The van der Waals surface area contributed by atoms with Gasteiger partial charge < -0.3 is 4.74 Å². The van der Waals surface area contributed by atoms with Crippen molar-refractivity contribution in [1.82, 2.24) is 0 Å². The predicted molar refractivity (Wildman–Crippen MR) is 43.4 cm³/mol. The summed E-state index contributed by atoms with van der Waals surface area (Å²) in [5, 5.41) is 0. The van der Waals surface area contributed by atoms with E-state index < -0.39 is 0 Å². The van der Waals surface area contributed by atoms with Crippen LogP contribution in [0, 0.1) is 5.92 Å². The van der Waals surface area contributed by atoms with Crippen molar-refractivity contribution < 1.29 is 9.53 Å². The number of hydrogen-bond donors (Lipinski definition) is 0. The van der Waals surface area contributed by atoms with Crippen molar-refractivity contribution in [2.45, 2.75) is 45.8 Å². The first kappa shape index (κ1) is 8.72. The SMILES string of the molecule is CC[C@H]1C[C@H](C(C)=O)[C@@H](C)O1. The molecule has 1 rings (SSSR count). The molecule has 1 heterocycles. The number of ether oxygens (including phenoxy) is 1. The topological polar surface area (TPSA) is 26.3 Å². The second-order valence-corrected chi connectivity index (χ2v) is 3.32. The van der Waals surface area contributed by atoms with Crippen LogP contribution in [0.3, 0.4) is 0 Å². The summed E-state index contributed by atoms with van der Waals surface area (Å²) in [4.78, 5) is 11.0. The summed E-state index contributed by atoms with van der Waals surface area (Å²) in [7, 11) is 0. The Balaban J connectivity index is 2.51. The Morgan fingerprint density at radius 1 is 1.64 bits per heavy atom. The van der Waals surface area contributed by atoms with E-state index in [-0.39, 0.29) is 17.8 Å². The molecule has 0 spiro atoms. The van der Waals surface area contributed by atoms with Gasteiger partial charge in [0.05, 0.1) is 12.2 Å². The van der Waals surface area contributed by atoms with Gasteiger partial charge in [0, 0.05) is 5.92 Å². The normalized spacial score (nSPS) is 37.5. The molecule has 2 heteroatoms. The molecule has 11 heavy (non-hydrogen) atoms. The van der Waals surface area contributed by atoms with Crippen LogP contribution < -0.4 is 0 Å². The van der Waals surface area contributed by atoms with Crippen LogP contribution in [0.15, 0.2) is 0 Å². The monoisotopic (exact) mass is 156 g/mol. The maximum Gasteiger partial charge on any atom is 0.135 e. The molecule has 0 aromatic carbocycles. The highest BCUT2D eigenvalue weighted by Gasteiger charge is 2.33. The van der Waals surface area contributed by atoms with Crippen molar-refractivity contribution >= 4 is 5.78 Å². The summed E-state index contributed by atoms with van der Waals surface area (Å²) < 4.78 is 5.56. The molecule has 0 saturated carbocycles. The predicted octanol–water partition coefficient (Wildman–Crippen LogP) is 1.78. The van der Waals surface area contributed by atoms with E-state index in [9.17, 15) is 4.79 Å². The molecule has 0 radical (unpaired) electrons. The lowest BCUT2D eigenvalue weighted by Crippen LogP contribution is -2.18. The van der Waals surface area contributed by atoms with Crippen LogP contribution in [0.25, 0.3) is 0 Å². The molecule has 0 N–H and O–H groups in total. The van der Waals surface area contributed by atoms with Crippen molar-refractivity contribution in [3.05, 3.63) is 0 Å². The first-order valence-electron chi connectivity index (χ1n) is 4.31. The molecule has 1 fully saturated rings. The maximum atomic E-state index is 11.0. The molecule has 0 bridgehead atoms. The first-order valence-corrected chi connectivity index (χ1v) is 4.31. The fourth-order valence-electron chi connectivity index (χ4n) is 1.69. The van der Waals surface area contributed by atoms with Gasteiger partial charge in [0.15, 0.2) is 0 Å². The van der Waals surface area contributed by atoms with Gasteiger partial charge in [-0.15, -0.1) is 0 Å². The third-order valence-corrected chi connectivity index (χ3v) is 2.47. The van der Waals surface area contributed by atoms with Gasteiger partial charge in [-0.2, -0.15) is 0 Å². The fourth-order valence-corrected chi connectivity index (χ4v) is 1.69. The first-order chi connectivity index (χ1) is 5.15. The zero-order valence-corrected chi connectivity index (χ0v) is 7.46. The van der Waals surface area contributed by atoms with Gasteiger partial charge in [-0.05, 0) is 26.7 Å². The summed E-state index contributed by atoms with van der Waals surface area (Å²) in [5.74, 6) is 0.424. The quantitative estimate of drug-likeness (QED) is 0.609. The van der Waals surface area contributed by atoms with Crippen LogP contribution in [0.5, 0.6) is 0 Å². The maximum absolute atomic E-state index is 11.0. The number of rotatable bonds is 2. The summed E-state index contributed by atoms with van der Waals surface area (Å²) in [5.41, 5.74) is 0. The Labute approximate surface area is 67.9 Å². The van der Waals surface area contributed by atoms with E-state index in [0.717, 1.165) is 12.8 Å². The van der Waals surface area contributed by atoms with E-state index in [1.807, 2.05) is 6.92 Å². The van der Waals surface area contributed by atoms with Crippen LogP contribution in [0.2, 0.25) is 0 Å². The summed E-state index contributed by atoms with van der Waals surface area (Å²) in [6, 6.07) is 0. The minimum Gasteiger partial charge on any atom is -0.375 e. The number of carbonyl (C=O) groups is 1. The van der Waals surface area contributed by atoms with Gasteiger partial charge in [0.1, 0.15) is 5.78 Å². The highest BCUT2D eigenvalue weighted by molar-refractivity contribution is 5.79. The van der Waals surface area contributed by atoms with Crippen LogP contribution in [0.1, 0.15) is 33.6 Å². The average Bonchev–Trinajstić information content (AvgIpc) is 2.30. The van der Waals surface area contributed by atoms with Crippen LogP contribution in [-0.4, -0.2) is 18.0 Å². The Morgan fingerprint density at radius 2 is 2.27 bits per heavy atom. The van der Waals surface area contributed by atoms with Crippen LogP contribution in [0.4, 0.5) is 0 Å². The molecule has 0 aromatic heterocycles. The minimum atomic E-state index is 0.137. The molecule has 0 unspecified atom stereocenters. The fraction of sp³-hybridized carbons (Fsp3) is 0.889. The summed E-state index contributed by atoms with van der Waals surface area (Å²) in [6.45, 7) is 5.74. The second kappa shape index (κ2) is 3.35. The van der Waals surface area contributed by atoms with E-state index in [4.69, 9.17) is 4.74 Å². The lowest BCUT2D eigenvalue weighted by Gasteiger charge is -2.08. The third-order valence-electron chi connectivity index (χ3n) is 2.47. The molecular formula is C9H16O2. The van der Waals surface area contributed by atoms with Crippen molar-refractivity contribution in [1.29, 1.82) is 0 Å². The van der Waals surface area contributed by atoms with Gasteiger partial charge in [0.25, 0.3) is 0 Å². The zero-order chi connectivity index (χ0) is 8.43. The van der Waals surface area contributed by atoms with Crippen molar-refractivity contribution in [3.63, 3.8) is 0 Å². The molecule has 1 saturated heterocycles. The van der Waals surface area contributed by atoms with E-state index in [0.29, 0.717) is 6.10 Å². The van der Waals surface area contributed by atoms with Crippen LogP contribution >= 0.6 is 0 Å². The van der Waals surface area contributed by atoms with E-state index in [2.05, 4.69) is 6.92 Å². The number of hydrogen-bond acceptors (Lipinski definition) is 2. The summed E-state index contributed by atoms with van der Waals surface area (Å²) >= 11 is 0. The molecule has 0 aliphatic carbocycles. The molecule has 0 aromatic rings. The highest BCUT2D eigenvalue weighted by Crippen LogP contribution is 2.28. The molecule has 64 valence electrons. The number of carbonyl (C=O) groups excluding carboxylic acids is 1. The highest BCUT2D eigenvalue weighted by atomic mass is 16.5. The van der Waals surface area contributed by atoms with Gasteiger partial charge in [-0.25, -0.2) is 0 Å². The standard InChI is InChI=1S/C9H16O2/c1-4-8-5-9(6(2)10)7(3)11-8/h7-9H,4-5H2,1-3H3/t7-,8+,9-/m1/s1. The molecule has 2 nitrogen and oxygen atoms in total. The lowest BCUT2D eigenvalue weighted by atomic mass is 9.96. The Bertz CT molecular complexity index is 154. The third kappa shape index (κ3) is 1.80. The molecular weight excluding hydrogens is 140 g/mol. The minimum absolute atomic E-state index is 0.137. The van der Waals surface area contributed by atoms with Crippen molar-refractivity contribution in [2.75, 3.05) is 0 Å². The van der Waals surface area contributed by atoms with Gasteiger partial charge in [-0.1, -0.05) is 6.92 Å². The number of ketones is 1.